The van der Waals surface area contributed by atoms with Gasteiger partial charge in [-0.05, 0) is 63.6 Å². The van der Waals surface area contributed by atoms with Crippen LogP contribution in [0.4, 0.5) is 0 Å². The number of benzene rings is 2. The molecule has 2 fully saturated rings. The smallest absolute Gasteiger partial charge is 0.253 e. The zero-order valence-corrected chi connectivity index (χ0v) is 19.4. The van der Waals surface area contributed by atoms with Gasteiger partial charge in [0.25, 0.3) is 5.91 Å². The van der Waals surface area contributed by atoms with E-state index in [2.05, 4.69) is 29.6 Å². The molecule has 3 aliphatic heterocycles. The minimum absolute atomic E-state index is 0.0803. The average Bonchev–Trinajstić information content (AvgIpc) is 3.16. The maximum absolute atomic E-state index is 12.9. The van der Waals surface area contributed by atoms with Crippen LogP contribution in [0.25, 0.3) is 0 Å². The van der Waals surface area contributed by atoms with Gasteiger partial charge in [-0.15, -0.1) is 0 Å². The fourth-order valence-corrected chi connectivity index (χ4v) is 5.70. The van der Waals surface area contributed by atoms with Crippen molar-refractivity contribution < 1.29 is 9.53 Å². The molecule has 2 aromatic rings. The van der Waals surface area contributed by atoms with E-state index in [0.29, 0.717) is 23.9 Å². The third kappa shape index (κ3) is 4.10. The molecule has 4 heteroatoms. The number of hydrogen-bond donors (Lipinski definition) is 1. The number of fused-ring (bicyclic) bond motifs is 4. The summed E-state index contributed by atoms with van der Waals surface area (Å²) in [4.78, 5) is 14.7. The first-order valence-corrected chi connectivity index (χ1v) is 12.1. The Bertz CT molecular complexity index is 909. The number of para-hydroxylation sites is 1. The normalized spacial score (nSPS) is 25.4. The van der Waals surface area contributed by atoms with Crippen LogP contribution in [-0.2, 0) is 0 Å². The molecule has 2 saturated heterocycles. The van der Waals surface area contributed by atoms with Crippen molar-refractivity contribution >= 4 is 5.91 Å². The van der Waals surface area contributed by atoms with Gasteiger partial charge in [0, 0.05) is 47.8 Å². The summed E-state index contributed by atoms with van der Waals surface area (Å²) >= 11 is 0. The predicted octanol–water partition coefficient (Wildman–Crippen LogP) is 5.96. The van der Waals surface area contributed by atoms with Crippen LogP contribution in [0.2, 0.25) is 0 Å². The van der Waals surface area contributed by atoms with Crippen LogP contribution in [0, 0.1) is 5.92 Å². The molecular weight excluding hydrogens is 384 g/mol. The number of piperidine rings is 1. The van der Waals surface area contributed by atoms with E-state index in [1.165, 1.54) is 36.8 Å². The molecule has 3 aliphatic rings. The Morgan fingerprint density at radius 2 is 1.61 bits per heavy atom. The van der Waals surface area contributed by atoms with Crippen LogP contribution < -0.4 is 10.1 Å². The fourth-order valence-electron chi connectivity index (χ4n) is 5.70. The number of rotatable bonds is 4. The predicted molar refractivity (Wildman–Crippen MR) is 126 cm³/mol. The van der Waals surface area contributed by atoms with Gasteiger partial charge in [-0.25, -0.2) is 0 Å². The number of ether oxygens (including phenoxy) is 1. The van der Waals surface area contributed by atoms with Gasteiger partial charge in [-0.3, -0.25) is 4.79 Å². The van der Waals surface area contributed by atoms with Crippen molar-refractivity contribution in [2.45, 2.75) is 71.4 Å². The minimum Gasteiger partial charge on any atom is -0.457 e. The highest BCUT2D eigenvalue weighted by Crippen LogP contribution is 2.51. The van der Waals surface area contributed by atoms with E-state index in [-0.39, 0.29) is 5.91 Å². The zero-order valence-electron chi connectivity index (χ0n) is 19.4. The van der Waals surface area contributed by atoms with E-state index in [0.717, 1.165) is 30.2 Å². The Morgan fingerprint density at radius 1 is 0.968 bits per heavy atom. The molecule has 2 bridgehead atoms. The van der Waals surface area contributed by atoms with Crippen molar-refractivity contribution in [1.82, 2.24) is 10.2 Å². The topological polar surface area (TPSA) is 41.6 Å². The molecule has 5 rings (SSSR count). The molecule has 1 amide bonds. The third-order valence-corrected chi connectivity index (χ3v) is 7.10. The molecule has 4 nitrogen and oxygen atoms in total. The van der Waals surface area contributed by atoms with Crippen LogP contribution in [0.3, 0.4) is 0 Å². The summed E-state index contributed by atoms with van der Waals surface area (Å²) in [5.74, 6) is 2.84. The van der Waals surface area contributed by atoms with Crippen molar-refractivity contribution in [2.24, 2.45) is 5.92 Å². The lowest BCUT2D eigenvalue weighted by atomic mass is 9.73. The van der Waals surface area contributed by atoms with Crippen molar-refractivity contribution in [1.29, 1.82) is 0 Å². The lowest BCUT2D eigenvalue weighted by Crippen LogP contribution is -2.40. The van der Waals surface area contributed by atoms with Crippen LogP contribution in [-0.4, -0.2) is 36.0 Å². The summed E-state index contributed by atoms with van der Waals surface area (Å²) in [6, 6.07) is 15.9. The highest BCUT2D eigenvalue weighted by atomic mass is 16.5. The number of nitrogens with zero attached hydrogens (tertiary/aromatic N) is 1. The Kier molecular flexibility index (Phi) is 6.66. The van der Waals surface area contributed by atoms with E-state index in [1.807, 2.05) is 50.8 Å². The summed E-state index contributed by atoms with van der Waals surface area (Å²) in [6.07, 6.45) is 5.04. The first kappa shape index (κ1) is 21.9. The highest BCUT2D eigenvalue weighted by molar-refractivity contribution is 5.95. The van der Waals surface area contributed by atoms with Crippen LogP contribution in [0.15, 0.2) is 42.5 Å². The molecule has 1 N–H and O–H groups in total. The molecule has 0 spiro atoms. The number of nitrogens with one attached hydrogen (secondary N) is 1. The van der Waals surface area contributed by atoms with E-state index in [4.69, 9.17) is 4.74 Å². The van der Waals surface area contributed by atoms with Crippen LogP contribution in [0.1, 0.15) is 80.8 Å². The van der Waals surface area contributed by atoms with Gasteiger partial charge in [-0.2, -0.15) is 0 Å². The number of hydrogen-bond acceptors (Lipinski definition) is 3. The average molecular weight is 421 g/mol. The molecule has 31 heavy (non-hydrogen) atoms. The second-order valence-electron chi connectivity index (χ2n) is 8.72. The summed E-state index contributed by atoms with van der Waals surface area (Å²) in [5, 5.41) is 3.78. The quantitative estimate of drug-likeness (QED) is 0.663. The number of carbonyl (C=O) groups is 1. The van der Waals surface area contributed by atoms with Gasteiger partial charge in [0.2, 0.25) is 0 Å². The molecule has 3 atom stereocenters. The number of amides is 1. The molecule has 2 aromatic carbocycles. The van der Waals surface area contributed by atoms with Gasteiger partial charge in [0.05, 0.1) is 0 Å². The van der Waals surface area contributed by atoms with Crippen molar-refractivity contribution in [3.05, 3.63) is 59.2 Å². The third-order valence-electron chi connectivity index (χ3n) is 7.10. The van der Waals surface area contributed by atoms with Crippen molar-refractivity contribution in [3.8, 4) is 11.5 Å². The second-order valence-corrected chi connectivity index (χ2v) is 8.72. The zero-order chi connectivity index (χ0) is 22.0. The molecule has 0 radical (unpaired) electrons. The Hall–Kier alpha value is -2.33. The maximum Gasteiger partial charge on any atom is 0.253 e. The van der Waals surface area contributed by atoms with Gasteiger partial charge in [0.1, 0.15) is 11.5 Å². The van der Waals surface area contributed by atoms with Crippen molar-refractivity contribution in [3.63, 3.8) is 0 Å². The minimum atomic E-state index is 0.0803. The second kappa shape index (κ2) is 9.44. The monoisotopic (exact) mass is 420 g/mol. The largest absolute Gasteiger partial charge is 0.457 e. The Morgan fingerprint density at radius 3 is 2.29 bits per heavy atom. The highest BCUT2D eigenvalue weighted by Gasteiger charge is 2.41. The first-order valence-electron chi connectivity index (χ1n) is 12.1. The first-order chi connectivity index (χ1) is 15.2. The summed E-state index contributed by atoms with van der Waals surface area (Å²) in [6.45, 7) is 9.48. The maximum atomic E-state index is 12.9. The molecule has 3 heterocycles. The van der Waals surface area contributed by atoms with Gasteiger partial charge in [-0.1, -0.05) is 38.1 Å². The number of carbonyl (C=O) groups excluding carboxylic acids is 1. The van der Waals surface area contributed by atoms with E-state index in [1.54, 1.807) is 0 Å². The lowest BCUT2D eigenvalue weighted by molar-refractivity contribution is 0.0772. The van der Waals surface area contributed by atoms with Crippen molar-refractivity contribution in [2.75, 3.05) is 13.1 Å². The van der Waals surface area contributed by atoms with Gasteiger partial charge in [0.15, 0.2) is 0 Å². The van der Waals surface area contributed by atoms with E-state index >= 15 is 0 Å². The van der Waals surface area contributed by atoms with Crippen LogP contribution >= 0.6 is 0 Å². The SMILES string of the molecule is CC.CCN(CC)C(=O)c1ccc2c(c1)Oc1ccccc1C2C1CC2CCC(C1)N2. The van der Waals surface area contributed by atoms with Crippen LogP contribution in [0.5, 0.6) is 11.5 Å². The van der Waals surface area contributed by atoms with E-state index < -0.39 is 0 Å². The van der Waals surface area contributed by atoms with Gasteiger partial charge < -0.3 is 15.0 Å². The summed E-state index contributed by atoms with van der Waals surface area (Å²) < 4.78 is 6.32. The summed E-state index contributed by atoms with van der Waals surface area (Å²) in [5.41, 5.74) is 3.26. The summed E-state index contributed by atoms with van der Waals surface area (Å²) in [7, 11) is 0. The van der Waals surface area contributed by atoms with E-state index in [9.17, 15) is 4.79 Å². The molecule has 3 unspecified atom stereocenters. The molecule has 0 aromatic heterocycles. The standard InChI is InChI=1S/C25H30N2O2.C2H6/c1-3-27(4-2)25(28)16-9-12-21-23(15-16)29-22-8-6-5-7-20(22)24(21)17-13-18-10-11-19(14-17)26-18;1-2/h5-9,12,15,17-19,24,26H,3-4,10-11,13-14H2,1-2H3;1-2H3. The molecule has 0 saturated carbocycles. The molecular formula is C27H36N2O2. The molecule has 166 valence electrons. The molecule has 0 aliphatic carbocycles. The Labute approximate surface area is 187 Å². The van der Waals surface area contributed by atoms with Gasteiger partial charge >= 0.3 is 0 Å². The fraction of sp³-hybridized carbons (Fsp3) is 0.519. The lowest BCUT2D eigenvalue weighted by Gasteiger charge is -2.38. The Balaban J connectivity index is 0.00000112.